The normalized spacial score (nSPS) is 15.5. The number of fused-ring (bicyclic) bond motifs is 1. The highest BCUT2D eigenvalue weighted by Crippen LogP contribution is 2.35. The van der Waals surface area contributed by atoms with Crippen LogP contribution in [0, 0.1) is 6.92 Å². The summed E-state index contributed by atoms with van der Waals surface area (Å²) in [5.74, 6) is 0.0286. The van der Waals surface area contributed by atoms with Crippen LogP contribution < -0.4 is 10.1 Å². The van der Waals surface area contributed by atoms with Crippen LogP contribution >= 0.6 is 22.9 Å². The summed E-state index contributed by atoms with van der Waals surface area (Å²) >= 11 is 7.30. The topological polar surface area (TPSA) is 112 Å². The molecule has 0 fully saturated rings. The number of aromatic nitrogens is 5. The van der Waals surface area contributed by atoms with Crippen LogP contribution in [0.5, 0.6) is 5.75 Å². The van der Waals surface area contributed by atoms with E-state index in [-0.39, 0.29) is 5.15 Å². The van der Waals surface area contributed by atoms with Gasteiger partial charge in [0.1, 0.15) is 10.9 Å². The molecule has 196 valence electrons. The first-order chi connectivity index (χ1) is 18.3. The molecule has 0 radical (unpaired) electrons. The number of hydrogen-bond acceptors (Lipinski definition) is 9. The van der Waals surface area contributed by atoms with E-state index >= 15 is 0 Å². The average molecular weight is 559 g/mol. The van der Waals surface area contributed by atoms with Gasteiger partial charge in [-0.25, -0.2) is 15.0 Å². The Morgan fingerprint density at radius 2 is 2.00 bits per heavy atom. The van der Waals surface area contributed by atoms with Gasteiger partial charge >= 0.3 is 6.61 Å². The number of anilines is 1. The minimum atomic E-state index is -2.78. The molecule has 9 nitrogen and oxygen atoms in total. The summed E-state index contributed by atoms with van der Waals surface area (Å²) in [6.07, 6.45) is 7.30. The zero-order valence-corrected chi connectivity index (χ0v) is 21.8. The molecule has 38 heavy (non-hydrogen) atoms. The number of aryl methyl sites for hydroxylation is 1. The third-order valence-electron chi connectivity index (χ3n) is 5.96. The third-order valence-corrected chi connectivity index (χ3v) is 7.02. The molecule has 5 rings (SSSR count). The molecule has 1 unspecified atom stereocenters. The van der Waals surface area contributed by atoms with Gasteiger partial charge in [-0.2, -0.15) is 13.8 Å². The summed E-state index contributed by atoms with van der Waals surface area (Å²) in [6, 6.07) is 3.40. The van der Waals surface area contributed by atoms with Gasteiger partial charge in [-0.05, 0) is 43.9 Å². The van der Waals surface area contributed by atoms with Crippen molar-refractivity contribution in [2.24, 2.45) is 0 Å². The van der Waals surface area contributed by atoms with Gasteiger partial charge < -0.3 is 9.47 Å². The van der Waals surface area contributed by atoms with Crippen molar-refractivity contribution in [1.29, 1.82) is 0 Å². The van der Waals surface area contributed by atoms with Crippen molar-refractivity contribution in [2.45, 2.75) is 38.9 Å². The lowest BCUT2D eigenvalue weighted by atomic mass is 9.95. The number of nitrogens with one attached hydrogen (secondary N) is 1. The second-order valence-electron chi connectivity index (χ2n) is 8.46. The second kappa shape index (κ2) is 11.0. The Morgan fingerprint density at radius 3 is 2.74 bits per heavy atom. The predicted molar refractivity (Wildman–Crippen MR) is 140 cm³/mol. The highest BCUT2D eigenvalue weighted by Gasteiger charge is 2.22. The number of amides is 1. The summed E-state index contributed by atoms with van der Waals surface area (Å²) < 4.78 is 35.0. The van der Waals surface area contributed by atoms with E-state index in [1.807, 2.05) is 13.0 Å². The maximum absolute atomic E-state index is 13.3. The average Bonchev–Trinajstić information content (AvgIpc) is 3.30. The van der Waals surface area contributed by atoms with E-state index in [4.69, 9.17) is 16.3 Å². The molecule has 4 aromatic heterocycles. The number of alkyl halides is 2. The molecule has 1 aliphatic carbocycles. The molecule has 4 heterocycles. The van der Waals surface area contributed by atoms with E-state index in [2.05, 4.69) is 35.0 Å². The Bertz CT molecular complexity index is 1550. The molecule has 0 aliphatic heterocycles. The molecule has 1 amide bonds. The lowest BCUT2D eigenvalue weighted by Gasteiger charge is -2.21. The summed E-state index contributed by atoms with van der Waals surface area (Å²) in [5.41, 5.74) is 4.11. The van der Waals surface area contributed by atoms with Gasteiger partial charge in [0.25, 0.3) is 5.91 Å². The standard InChI is InChI=1S/C25H21ClF2N6O3S/c1-12-7-15(16-8-20(26)30-11-19(16)36-2)17(9-29-12)22(35)34-25-33-21-23(38-25)32-18(10-31-21)13-3-5-14(6-4-13)37-24(27)28/h3,7-11,14,24H,4-6H2,1-2H3,(H,31,33,34,35). The zero-order chi connectivity index (χ0) is 26.8. The van der Waals surface area contributed by atoms with E-state index in [0.29, 0.717) is 68.7 Å². The zero-order valence-electron chi connectivity index (χ0n) is 20.2. The number of ether oxygens (including phenoxy) is 2. The highest BCUT2D eigenvalue weighted by atomic mass is 35.5. The summed E-state index contributed by atoms with van der Waals surface area (Å²) in [4.78, 5) is 35.6. The Morgan fingerprint density at radius 1 is 1.16 bits per heavy atom. The van der Waals surface area contributed by atoms with Crippen LogP contribution in [-0.2, 0) is 4.74 Å². The van der Waals surface area contributed by atoms with Gasteiger partial charge in [0.2, 0.25) is 0 Å². The minimum Gasteiger partial charge on any atom is -0.494 e. The Labute approximate surface area is 224 Å². The number of rotatable bonds is 7. The van der Waals surface area contributed by atoms with Crippen LogP contribution in [-0.4, -0.2) is 50.7 Å². The number of carbonyl (C=O) groups excluding carboxylic acids is 1. The van der Waals surface area contributed by atoms with Crippen LogP contribution in [0.25, 0.3) is 27.2 Å². The number of methoxy groups -OCH3 is 1. The molecule has 1 aliphatic rings. The number of carbonyl (C=O) groups is 1. The number of halogens is 3. The van der Waals surface area contributed by atoms with E-state index in [1.165, 1.54) is 30.8 Å². The summed E-state index contributed by atoms with van der Waals surface area (Å²) in [7, 11) is 1.51. The Kier molecular flexibility index (Phi) is 7.54. The number of hydrogen-bond donors (Lipinski definition) is 1. The van der Waals surface area contributed by atoms with Gasteiger partial charge in [-0.3, -0.25) is 15.1 Å². The molecular weight excluding hydrogens is 538 g/mol. The van der Waals surface area contributed by atoms with E-state index < -0.39 is 18.6 Å². The van der Waals surface area contributed by atoms with Crippen molar-refractivity contribution in [3.05, 3.63) is 58.9 Å². The second-order valence-corrected chi connectivity index (χ2v) is 9.82. The first-order valence-corrected chi connectivity index (χ1v) is 12.7. The van der Waals surface area contributed by atoms with Crippen molar-refractivity contribution >= 4 is 50.0 Å². The molecule has 13 heteroatoms. The lowest BCUT2D eigenvalue weighted by molar-refractivity contribution is -0.163. The van der Waals surface area contributed by atoms with E-state index in [9.17, 15) is 13.6 Å². The maximum atomic E-state index is 13.3. The molecule has 0 saturated carbocycles. The molecular formula is C25H21ClF2N6O3S. The first-order valence-electron chi connectivity index (χ1n) is 11.5. The maximum Gasteiger partial charge on any atom is 0.345 e. The molecule has 0 aromatic carbocycles. The number of allylic oxidation sites excluding steroid dienone is 1. The lowest BCUT2D eigenvalue weighted by Crippen LogP contribution is -2.18. The largest absolute Gasteiger partial charge is 0.494 e. The van der Waals surface area contributed by atoms with Gasteiger partial charge in [0.05, 0.1) is 36.9 Å². The summed E-state index contributed by atoms with van der Waals surface area (Å²) in [6.45, 7) is -0.968. The number of thiazole rings is 1. The number of pyridine rings is 2. The third kappa shape index (κ3) is 5.62. The van der Waals surface area contributed by atoms with Crippen LogP contribution in [0.15, 0.2) is 36.8 Å². The van der Waals surface area contributed by atoms with Crippen molar-refractivity contribution in [2.75, 3.05) is 12.4 Å². The molecule has 1 N–H and O–H groups in total. The minimum absolute atomic E-state index is 0.255. The predicted octanol–water partition coefficient (Wildman–Crippen LogP) is 5.94. The molecule has 1 atom stereocenters. The fraction of sp³-hybridized carbons (Fsp3) is 0.280. The van der Waals surface area contributed by atoms with Crippen molar-refractivity contribution in [3.63, 3.8) is 0 Å². The summed E-state index contributed by atoms with van der Waals surface area (Å²) in [5, 5.41) is 3.38. The van der Waals surface area contributed by atoms with Crippen molar-refractivity contribution in [1.82, 2.24) is 24.9 Å². The van der Waals surface area contributed by atoms with Crippen LogP contribution in [0.4, 0.5) is 13.9 Å². The molecule has 0 spiro atoms. The molecule has 0 bridgehead atoms. The van der Waals surface area contributed by atoms with Crippen LogP contribution in [0.1, 0.15) is 41.0 Å². The molecule has 4 aromatic rings. The van der Waals surface area contributed by atoms with Crippen LogP contribution in [0.2, 0.25) is 5.15 Å². The van der Waals surface area contributed by atoms with Gasteiger partial charge in [0, 0.05) is 23.0 Å². The highest BCUT2D eigenvalue weighted by molar-refractivity contribution is 7.21. The SMILES string of the molecule is COc1cnc(Cl)cc1-c1cc(C)ncc1C(=O)Nc1nc2ncc(C3=CCC(OC(F)F)CC3)nc2s1. The first kappa shape index (κ1) is 26.0. The van der Waals surface area contributed by atoms with Gasteiger partial charge in [-0.1, -0.05) is 29.0 Å². The molecule has 0 saturated heterocycles. The Hall–Kier alpha value is -3.61. The number of nitrogens with zero attached hydrogens (tertiary/aromatic N) is 5. The van der Waals surface area contributed by atoms with Gasteiger partial charge in [-0.15, -0.1) is 0 Å². The van der Waals surface area contributed by atoms with E-state index in [0.717, 1.165) is 5.57 Å². The Balaban J connectivity index is 1.39. The van der Waals surface area contributed by atoms with Crippen molar-refractivity contribution in [3.8, 4) is 16.9 Å². The van der Waals surface area contributed by atoms with Crippen LogP contribution in [0.3, 0.4) is 0 Å². The quantitative estimate of drug-likeness (QED) is 0.277. The van der Waals surface area contributed by atoms with Crippen molar-refractivity contribution < 1.29 is 23.0 Å². The fourth-order valence-corrected chi connectivity index (χ4v) is 5.11. The van der Waals surface area contributed by atoms with Gasteiger partial charge in [0.15, 0.2) is 15.6 Å². The fourth-order valence-electron chi connectivity index (χ4n) is 4.16. The van der Waals surface area contributed by atoms with E-state index in [1.54, 1.807) is 18.3 Å². The monoisotopic (exact) mass is 558 g/mol. The smallest absolute Gasteiger partial charge is 0.345 e.